The highest BCUT2D eigenvalue weighted by Crippen LogP contribution is 2.36. The van der Waals surface area contributed by atoms with E-state index in [1.165, 1.54) is 0 Å². The molecule has 1 atom stereocenters. The zero-order valence-corrected chi connectivity index (χ0v) is 19.6. The van der Waals surface area contributed by atoms with Crippen molar-refractivity contribution in [3.8, 4) is 5.75 Å². The van der Waals surface area contributed by atoms with Gasteiger partial charge in [-0.1, -0.05) is 32.4 Å². The smallest absolute Gasteiger partial charge is 0.251 e. The van der Waals surface area contributed by atoms with Crippen molar-refractivity contribution in [1.82, 2.24) is 10.6 Å². The number of nitrogens with one attached hydrogen (secondary N) is 3. The molecular formula is C26H31N3O5. The highest BCUT2D eigenvalue weighted by atomic mass is 16.5. The predicted octanol–water partition coefficient (Wildman–Crippen LogP) is 3.32. The molecule has 1 heterocycles. The molecule has 0 aliphatic carbocycles. The fraction of sp³-hybridized carbons (Fsp3) is 0.385. The first-order valence-electron chi connectivity index (χ1n) is 11.6. The Morgan fingerprint density at radius 2 is 1.74 bits per heavy atom. The second-order valence-electron chi connectivity index (χ2n) is 8.35. The normalized spacial score (nSPS) is 17.6. The molecule has 0 radical (unpaired) electrons. The summed E-state index contributed by atoms with van der Waals surface area (Å²) in [5.74, 6) is -0.559. The van der Waals surface area contributed by atoms with Crippen LogP contribution in [0.25, 0.3) is 0 Å². The van der Waals surface area contributed by atoms with Crippen molar-refractivity contribution in [2.75, 3.05) is 18.5 Å². The number of rotatable bonds is 10. The molecular weight excluding hydrogens is 434 g/mol. The van der Waals surface area contributed by atoms with E-state index in [2.05, 4.69) is 22.9 Å². The second-order valence-corrected chi connectivity index (χ2v) is 8.35. The Morgan fingerprint density at radius 3 is 2.35 bits per heavy atom. The molecule has 4 amide bonds. The molecule has 0 bridgehead atoms. The average Bonchev–Trinajstić information content (AvgIpc) is 2.84. The third-order valence-electron chi connectivity index (χ3n) is 6.08. The lowest BCUT2D eigenvalue weighted by atomic mass is 9.72. The van der Waals surface area contributed by atoms with Crippen LogP contribution in [-0.4, -0.2) is 36.8 Å². The molecule has 1 aliphatic heterocycles. The van der Waals surface area contributed by atoms with Crippen LogP contribution >= 0.6 is 0 Å². The largest absolute Gasteiger partial charge is 0.494 e. The summed E-state index contributed by atoms with van der Waals surface area (Å²) >= 11 is 0. The molecule has 3 N–H and O–H groups in total. The molecule has 1 unspecified atom stereocenters. The molecule has 2 aromatic rings. The van der Waals surface area contributed by atoms with Crippen LogP contribution in [0.2, 0.25) is 0 Å². The molecule has 8 nitrogen and oxygen atoms in total. The minimum Gasteiger partial charge on any atom is -0.494 e. The Bertz CT molecular complexity index is 1030. The van der Waals surface area contributed by atoms with Gasteiger partial charge in [0.15, 0.2) is 0 Å². The third kappa shape index (κ3) is 6.01. The Balaban J connectivity index is 1.51. The number of piperidine rings is 1. The van der Waals surface area contributed by atoms with Gasteiger partial charge in [0, 0.05) is 17.7 Å². The van der Waals surface area contributed by atoms with Gasteiger partial charge in [-0.05, 0) is 61.2 Å². The minimum atomic E-state index is -0.749. The van der Waals surface area contributed by atoms with Crippen LogP contribution in [0.5, 0.6) is 5.75 Å². The summed E-state index contributed by atoms with van der Waals surface area (Å²) in [5.41, 5.74) is 1.04. The number of anilines is 1. The van der Waals surface area contributed by atoms with E-state index in [-0.39, 0.29) is 30.2 Å². The van der Waals surface area contributed by atoms with E-state index in [1.807, 2.05) is 6.92 Å². The quantitative estimate of drug-likeness (QED) is 0.368. The van der Waals surface area contributed by atoms with Gasteiger partial charge in [0.25, 0.3) is 5.91 Å². The molecule has 8 heteroatoms. The maximum atomic E-state index is 12.5. The first-order valence-corrected chi connectivity index (χ1v) is 11.6. The van der Waals surface area contributed by atoms with Gasteiger partial charge in [-0.25, -0.2) is 0 Å². The summed E-state index contributed by atoms with van der Waals surface area (Å²) < 4.78 is 5.58. The van der Waals surface area contributed by atoms with Crippen molar-refractivity contribution in [1.29, 1.82) is 0 Å². The van der Waals surface area contributed by atoms with E-state index in [4.69, 9.17) is 4.74 Å². The zero-order valence-electron chi connectivity index (χ0n) is 19.6. The van der Waals surface area contributed by atoms with Crippen LogP contribution in [0.4, 0.5) is 5.69 Å². The van der Waals surface area contributed by atoms with E-state index in [0.29, 0.717) is 42.9 Å². The SMILES string of the molecule is CCCCOc1ccc(C(=O)NCC(=O)Nc2ccc(C3(CC)CCC(=O)NC3=O)cc2)cc1. The summed E-state index contributed by atoms with van der Waals surface area (Å²) in [6, 6.07) is 13.8. The summed E-state index contributed by atoms with van der Waals surface area (Å²) in [6.07, 6.45) is 3.33. The monoisotopic (exact) mass is 465 g/mol. The summed E-state index contributed by atoms with van der Waals surface area (Å²) in [4.78, 5) is 48.7. The molecule has 1 saturated heterocycles. The van der Waals surface area contributed by atoms with Crippen molar-refractivity contribution < 1.29 is 23.9 Å². The van der Waals surface area contributed by atoms with Crippen molar-refractivity contribution in [3.63, 3.8) is 0 Å². The second kappa shape index (κ2) is 11.4. The predicted molar refractivity (Wildman–Crippen MR) is 129 cm³/mol. The molecule has 1 aliphatic rings. The molecule has 1 fully saturated rings. The first kappa shape index (κ1) is 25.0. The first-order chi connectivity index (χ1) is 16.4. The fourth-order valence-electron chi connectivity index (χ4n) is 3.94. The highest BCUT2D eigenvalue weighted by molar-refractivity contribution is 6.03. The van der Waals surface area contributed by atoms with Crippen LogP contribution in [0.1, 0.15) is 61.9 Å². The van der Waals surface area contributed by atoms with Gasteiger partial charge >= 0.3 is 0 Å². The number of hydrogen-bond acceptors (Lipinski definition) is 5. The maximum absolute atomic E-state index is 12.5. The Hall–Kier alpha value is -3.68. The minimum absolute atomic E-state index is 0.182. The molecule has 0 saturated carbocycles. The Kier molecular flexibility index (Phi) is 8.40. The fourth-order valence-corrected chi connectivity index (χ4v) is 3.94. The van der Waals surface area contributed by atoms with Crippen LogP contribution in [0.3, 0.4) is 0 Å². The number of carbonyl (C=O) groups excluding carboxylic acids is 4. The van der Waals surface area contributed by atoms with Crippen molar-refractivity contribution >= 4 is 29.3 Å². The van der Waals surface area contributed by atoms with Crippen LogP contribution in [0.15, 0.2) is 48.5 Å². The number of benzene rings is 2. The standard InChI is InChI=1S/C26H31N3O5/c1-3-5-16-34-21-12-6-18(7-13-21)24(32)27-17-23(31)28-20-10-8-19(9-11-20)26(4-2)15-14-22(30)29-25(26)33/h6-13H,3-5,14-17H2,1-2H3,(H,27,32)(H,28,31)(H,29,30,33). The van der Waals surface area contributed by atoms with Crippen molar-refractivity contribution in [3.05, 3.63) is 59.7 Å². The number of amides is 4. The number of hydrogen-bond donors (Lipinski definition) is 3. The van der Waals surface area contributed by atoms with Gasteiger partial charge in [-0.15, -0.1) is 0 Å². The van der Waals surface area contributed by atoms with Gasteiger partial charge < -0.3 is 15.4 Å². The van der Waals surface area contributed by atoms with Crippen molar-refractivity contribution in [2.45, 2.75) is 51.4 Å². The molecule has 3 rings (SSSR count). The molecule has 180 valence electrons. The molecule has 0 aromatic heterocycles. The lowest BCUT2D eigenvalue weighted by Crippen LogP contribution is -2.51. The number of ether oxygens (including phenoxy) is 1. The van der Waals surface area contributed by atoms with E-state index < -0.39 is 5.41 Å². The van der Waals surface area contributed by atoms with Gasteiger partial charge in [0.1, 0.15) is 5.75 Å². The van der Waals surface area contributed by atoms with Gasteiger partial charge in [0.05, 0.1) is 18.6 Å². The van der Waals surface area contributed by atoms with Gasteiger partial charge in [-0.2, -0.15) is 0 Å². The molecule has 0 spiro atoms. The Morgan fingerprint density at radius 1 is 1.03 bits per heavy atom. The molecule has 2 aromatic carbocycles. The Labute approximate surface area is 199 Å². The topological polar surface area (TPSA) is 114 Å². The number of unbranched alkanes of at least 4 members (excludes halogenated alkanes) is 1. The highest BCUT2D eigenvalue weighted by Gasteiger charge is 2.42. The zero-order chi connectivity index (χ0) is 24.6. The molecule has 34 heavy (non-hydrogen) atoms. The number of carbonyl (C=O) groups is 4. The summed E-state index contributed by atoms with van der Waals surface area (Å²) in [5, 5.41) is 7.77. The average molecular weight is 466 g/mol. The number of imide groups is 1. The van der Waals surface area contributed by atoms with E-state index in [0.717, 1.165) is 18.4 Å². The lowest BCUT2D eigenvalue weighted by molar-refractivity contribution is -0.138. The summed E-state index contributed by atoms with van der Waals surface area (Å²) in [7, 11) is 0. The van der Waals surface area contributed by atoms with Gasteiger partial charge in [0.2, 0.25) is 17.7 Å². The van der Waals surface area contributed by atoms with E-state index in [1.54, 1.807) is 48.5 Å². The lowest BCUT2D eigenvalue weighted by Gasteiger charge is -2.35. The maximum Gasteiger partial charge on any atom is 0.251 e. The summed E-state index contributed by atoms with van der Waals surface area (Å²) in [6.45, 7) is 4.46. The van der Waals surface area contributed by atoms with Crippen LogP contribution < -0.4 is 20.7 Å². The van der Waals surface area contributed by atoms with Gasteiger partial charge in [-0.3, -0.25) is 24.5 Å². The van der Waals surface area contributed by atoms with Crippen molar-refractivity contribution in [2.24, 2.45) is 0 Å². The van der Waals surface area contributed by atoms with Crippen LogP contribution in [-0.2, 0) is 19.8 Å². The van der Waals surface area contributed by atoms with E-state index in [9.17, 15) is 19.2 Å². The van der Waals surface area contributed by atoms with E-state index >= 15 is 0 Å². The third-order valence-corrected chi connectivity index (χ3v) is 6.08. The van der Waals surface area contributed by atoms with Crippen LogP contribution in [0, 0.1) is 0 Å².